The van der Waals surface area contributed by atoms with Gasteiger partial charge in [-0.3, -0.25) is 0 Å². The Bertz CT molecular complexity index is 605. The van der Waals surface area contributed by atoms with Crippen molar-refractivity contribution in [3.63, 3.8) is 0 Å². The summed E-state index contributed by atoms with van der Waals surface area (Å²) in [7, 11) is 0. The number of ether oxygens (including phenoxy) is 1. The smallest absolute Gasteiger partial charge is 0.387 e. The first kappa shape index (κ1) is 15.9. The molecule has 0 saturated heterocycles. The van der Waals surface area contributed by atoms with Gasteiger partial charge in [0.15, 0.2) is 0 Å². The van der Waals surface area contributed by atoms with E-state index in [-0.39, 0.29) is 11.8 Å². The highest BCUT2D eigenvalue weighted by molar-refractivity contribution is 6.42. The largest absolute Gasteiger partial charge is 0.435 e. The molecule has 0 aliphatic rings. The predicted octanol–water partition coefficient (Wildman–Crippen LogP) is 5.77. The minimum Gasteiger partial charge on any atom is -0.435 e. The first-order chi connectivity index (χ1) is 9.95. The van der Waals surface area contributed by atoms with Crippen molar-refractivity contribution in [3.05, 3.63) is 58.1 Å². The lowest BCUT2D eigenvalue weighted by Crippen LogP contribution is -2.07. The Morgan fingerprint density at radius 2 is 1.67 bits per heavy atom. The molecule has 6 heteroatoms. The van der Waals surface area contributed by atoms with Crippen LogP contribution in [0.3, 0.4) is 0 Å². The maximum atomic E-state index is 12.1. The first-order valence-corrected chi connectivity index (χ1v) is 6.97. The molecule has 2 rings (SSSR count). The van der Waals surface area contributed by atoms with Gasteiger partial charge in [-0.05, 0) is 48.9 Å². The molecule has 21 heavy (non-hydrogen) atoms. The van der Waals surface area contributed by atoms with Gasteiger partial charge >= 0.3 is 6.61 Å². The van der Waals surface area contributed by atoms with E-state index in [0.717, 1.165) is 11.3 Å². The van der Waals surface area contributed by atoms with Crippen molar-refractivity contribution >= 4 is 28.9 Å². The Morgan fingerprint density at radius 3 is 2.24 bits per heavy atom. The van der Waals surface area contributed by atoms with E-state index in [1.54, 1.807) is 24.3 Å². The van der Waals surface area contributed by atoms with Crippen molar-refractivity contribution in [2.75, 3.05) is 5.32 Å². The maximum Gasteiger partial charge on any atom is 0.387 e. The topological polar surface area (TPSA) is 21.3 Å². The Morgan fingerprint density at radius 1 is 1.00 bits per heavy atom. The van der Waals surface area contributed by atoms with Gasteiger partial charge in [-0.1, -0.05) is 29.3 Å². The molecule has 0 aromatic heterocycles. The molecule has 0 saturated carbocycles. The maximum absolute atomic E-state index is 12.1. The van der Waals surface area contributed by atoms with Crippen molar-refractivity contribution in [1.82, 2.24) is 0 Å². The van der Waals surface area contributed by atoms with Gasteiger partial charge in [0.05, 0.1) is 10.0 Å². The monoisotopic (exact) mass is 331 g/mol. The van der Waals surface area contributed by atoms with Crippen LogP contribution < -0.4 is 10.1 Å². The summed E-state index contributed by atoms with van der Waals surface area (Å²) in [5.41, 5.74) is 1.76. The number of hydrogen-bond acceptors (Lipinski definition) is 2. The van der Waals surface area contributed by atoms with Crippen molar-refractivity contribution in [2.45, 2.75) is 19.6 Å². The molecule has 0 aliphatic carbocycles. The zero-order valence-corrected chi connectivity index (χ0v) is 12.6. The Kier molecular flexibility index (Phi) is 5.26. The summed E-state index contributed by atoms with van der Waals surface area (Å²) in [6.45, 7) is -0.859. The van der Waals surface area contributed by atoms with Crippen LogP contribution in [0.25, 0.3) is 0 Å². The summed E-state index contributed by atoms with van der Waals surface area (Å²) in [5, 5.41) is 4.23. The third-order valence-electron chi connectivity index (χ3n) is 2.91. The molecular weight excluding hydrogens is 319 g/mol. The summed E-state index contributed by atoms with van der Waals surface area (Å²) >= 11 is 11.9. The number of alkyl halides is 2. The van der Waals surface area contributed by atoms with Crippen molar-refractivity contribution in [3.8, 4) is 5.75 Å². The molecule has 0 spiro atoms. The minimum absolute atomic E-state index is 0.0124. The molecule has 0 bridgehead atoms. The van der Waals surface area contributed by atoms with Crippen LogP contribution in [-0.2, 0) is 0 Å². The lowest BCUT2D eigenvalue weighted by atomic mass is 10.1. The molecule has 0 heterocycles. The molecule has 0 fully saturated rings. The van der Waals surface area contributed by atoms with E-state index in [0.29, 0.717) is 10.0 Å². The molecule has 0 amide bonds. The van der Waals surface area contributed by atoms with Crippen molar-refractivity contribution in [1.29, 1.82) is 0 Å². The van der Waals surface area contributed by atoms with Gasteiger partial charge in [0.2, 0.25) is 0 Å². The van der Waals surface area contributed by atoms with E-state index in [9.17, 15) is 8.78 Å². The number of benzene rings is 2. The highest BCUT2D eigenvalue weighted by Gasteiger charge is 2.08. The van der Waals surface area contributed by atoms with Crippen LogP contribution in [-0.4, -0.2) is 6.61 Å². The van der Waals surface area contributed by atoms with Crippen LogP contribution in [0.2, 0.25) is 10.0 Å². The van der Waals surface area contributed by atoms with E-state index in [1.807, 2.05) is 13.0 Å². The van der Waals surface area contributed by atoms with Gasteiger partial charge in [-0.15, -0.1) is 0 Å². The van der Waals surface area contributed by atoms with Crippen LogP contribution in [0.5, 0.6) is 5.75 Å². The highest BCUT2D eigenvalue weighted by atomic mass is 35.5. The standard InChI is InChI=1S/C15H13Cl2F2NO/c1-9(10-2-7-13(16)14(17)8-10)20-11-3-5-12(6-4-11)21-15(18)19/h2-9,15,20H,1H3. The minimum atomic E-state index is -2.82. The van der Waals surface area contributed by atoms with E-state index < -0.39 is 6.61 Å². The van der Waals surface area contributed by atoms with Gasteiger partial charge in [0.1, 0.15) is 5.75 Å². The molecule has 0 radical (unpaired) electrons. The average Bonchev–Trinajstić information content (AvgIpc) is 2.43. The zero-order valence-electron chi connectivity index (χ0n) is 11.1. The fraction of sp³-hybridized carbons (Fsp3) is 0.200. The van der Waals surface area contributed by atoms with Crippen LogP contribution in [0.1, 0.15) is 18.5 Å². The van der Waals surface area contributed by atoms with Crippen LogP contribution in [0, 0.1) is 0 Å². The second-order valence-corrected chi connectivity index (χ2v) is 5.26. The molecule has 0 aliphatic heterocycles. The molecular formula is C15H13Cl2F2NO. The summed E-state index contributed by atoms with van der Waals surface area (Å²) < 4.78 is 28.4. The molecule has 2 nitrogen and oxygen atoms in total. The van der Waals surface area contributed by atoms with E-state index >= 15 is 0 Å². The second-order valence-electron chi connectivity index (χ2n) is 4.44. The van der Waals surface area contributed by atoms with Crippen LogP contribution in [0.4, 0.5) is 14.5 Å². The summed E-state index contributed by atoms with van der Waals surface area (Å²) in [5.74, 6) is 0.123. The quantitative estimate of drug-likeness (QED) is 0.751. The van der Waals surface area contributed by atoms with E-state index in [2.05, 4.69) is 10.1 Å². The summed E-state index contributed by atoms with van der Waals surface area (Å²) in [4.78, 5) is 0. The fourth-order valence-corrected chi connectivity index (χ4v) is 2.15. The van der Waals surface area contributed by atoms with Crippen molar-refractivity contribution < 1.29 is 13.5 Å². The molecule has 2 aromatic carbocycles. The first-order valence-electron chi connectivity index (χ1n) is 6.22. The summed E-state index contributed by atoms with van der Waals surface area (Å²) in [6.07, 6.45) is 0. The van der Waals surface area contributed by atoms with Crippen LogP contribution in [0.15, 0.2) is 42.5 Å². The number of halogens is 4. The lowest BCUT2D eigenvalue weighted by Gasteiger charge is -2.16. The molecule has 1 N–H and O–H groups in total. The van der Waals surface area contributed by atoms with E-state index in [1.165, 1.54) is 12.1 Å². The Hall–Kier alpha value is -1.52. The van der Waals surface area contributed by atoms with Gasteiger partial charge in [-0.25, -0.2) is 0 Å². The third-order valence-corrected chi connectivity index (χ3v) is 3.65. The number of rotatable bonds is 5. The van der Waals surface area contributed by atoms with Gasteiger partial charge in [0, 0.05) is 11.7 Å². The fourth-order valence-electron chi connectivity index (χ4n) is 1.85. The normalized spacial score (nSPS) is 12.3. The zero-order chi connectivity index (χ0) is 15.4. The predicted molar refractivity (Wildman–Crippen MR) is 81.6 cm³/mol. The lowest BCUT2D eigenvalue weighted by molar-refractivity contribution is -0.0498. The Balaban J connectivity index is 2.04. The third kappa shape index (κ3) is 4.48. The number of anilines is 1. The Labute approximate surface area is 131 Å². The number of nitrogens with one attached hydrogen (secondary N) is 1. The van der Waals surface area contributed by atoms with Gasteiger partial charge in [0.25, 0.3) is 0 Å². The average molecular weight is 332 g/mol. The van der Waals surface area contributed by atoms with Crippen LogP contribution >= 0.6 is 23.2 Å². The molecule has 1 atom stereocenters. The van der Waals surface area contributed by atoms with Gasteiger partial charge in [-0.2, -0.15) is 8.78 Å². The molecule has 2 aromatic rings. The second kappa shape index (κ2) is 6.96. The summed E-state index contributed by atoms with van der Waals surface area (Å²) in [6, 6.07) is 11.7. The number of hydrogen-bond donors (Lipinski definition) is 1. The molecule has 1 unspecified atom stereocenters. The van der Waals surface area contributed by atoms with Gasteiger partial charge < -0.3 is 10.1 Å². The molecule has 112 valence electrons. The SMILES string of the molecule is CC(Nc1ccc(OC(F)F)cc1)c1ccc(Cl)c(Cl)c1. The van der Waals surface area contributed by atoms with E-state index in [4.69, 9.17) is 23.2 Å². The van der Waals surface area contributed by atoms with Crippen molar-refractivity contribution in [2.24, 2.45) is 0 Å². The highest BCUT2D eigenvalue weighted by Crippen LogP contribution is 2.27.